The Morgan fingerprint density at radius 3 is 2.80 bits per heavy atom. The average molecular weight is 346 g/mol. The summed E-state index contributed by atoms with van der Waals surface area (Å²) in [7, 11) is 6.07. The number of nitrogens with one attached hydrogen (secondary N) is 2. The summed E-state index contributed by atoms with van der Waals surface area (Å²) >= 11 is 0. The molecule has 4 heteroatoms. The number of nitrogens with zero attached hydrogens (tertiary/aromatic N) is 1. The van der Waals surface area contributed by atoms with Crippen LogP contribution in [0.15, 0.2) is 24.3 Å². The number of rotatable bonds is 7. The number of benzene rings is 1. The topological polar surface area (TPSA) is 36.5 Å². The Balaban J connectivity index is 1.62. The van der Waals surface area contributed by atoms with Gasteiger partial charge in [0.05, 0.1) is 7.11 Å². The monoisotopic (exact) mass is 345 g/mol. The molecule has 3 rings (SSSR count). The van der Waals surface area contributed by atoms with Crippen molar-refractivity contribution >= 4 is 0 Å². The first-order valence-electron chi connectivity index (χ1n) is 9.96. The molecule has 1 saturated heterocycles. The quantitative estimate of drug-likeness (QED) is 0.796. The lowest BCUT2D eigenvalue weighted by Gasteiger charge is -2.34. The van der Waals surface area contributed by atoms with Crippen LogP contribution in [0.2, 0.25) is 0 Å². The van der Waals surface area contributed by atoms with Crippen LogP contribution in [0.3, 0.4) is 0 Å². The van der Waals surface area contributed by atoms with E-state index in [9.17, 15) is 0 Å². The summed E-state index contributed by atoms with van der Waals surface area (Å²) in [6.45, 7) is 2.20. The van der Waals surface area contributed by atoms with Crippen molar-refractivity contribution in [3.05, 3.63) is 29.8 Å². The minimum Gasteiger partial charge on any atom is -0.497 e. The third-order valence-electron chi connectivity index (χ3n) is 6.11. The molecule has 1 aliphatic heterocycles. The summed E-state index contributed by atoms with van der Waals surface area (Å²) in [6, 6.07) is 10.2. The first kappa shape index (κ1) is 18.7. The first-order chi connectivity index (χ1) is 12.2. The van der Waals surface area contributed by atoms with E-state index in [1.807, 2.05) is 6.07 Å². The van der Waals surface area contributed by atoms with Crippen molar-refractivity contribution in [2.75, 3.05) is 34.3 Å². The summed E-state index contributed by atoms with van der Waals surface area (Å²) in [5.41, 5.74) is 1.32. The maximum absolute atomic E-state index is 5.41. The van der Waals surface area contributed by atoms with Crippen LogP contribution in [0.25, 0.3) is 0 Å². The molecule has 0 spiro atoms. The van der Waals surface area contributed by atoms with Gasteiger partial charge in [0.1, 0.15) is 5.75 Å². The fourth-order valence-electron chi connectivity index (χ4n) is 4.68. The van der Waals surface area contributed by atoms with Crippen LogP contribution in [-0.4, -0.2) is 51.3 Å². The van der Waals surface area contributed by atoms with E-state index in [1.165, 1.54) is 50.6 Å². The van der Waals surface area contributed by atoms with Gasteiger partial charge >= 0.3 is 0 Å². The van der Waals surface area contributed by atoms with Crippen molar-refractivity contribution in [1.29, 1.82) is 0 Å². The normalized spacial score (nSPS) is 28.2. The number of likely N-dealkylation sites (N-methyl/N-ethyl adjacent to an activating group) is 1. The Bertz CT molecular complexity index is 528. The van der Waals surface area contributed by atoms with E-state index >= 15 is 0 Å². The van der Waals surface area contributed by atoms with Crippen LogP contribution in [-0.2, 0) is 0 Å². The van der Waals surface area contributed by atoms with Crippen molar-refractivity contribution in [3.8, 4) is 5.75 Å². The summed E-state index contributed by atoms with van der Waals surface area (Å²) in [6.07, 6.45) is 8.16. The van der Waals surface area contributed by atoms with Crippen LogP contribution >= 0.6 is 0 Å². The molecule has 4 nitrogen and oxygen atoms in total. The molecule has 0 radical (unpaired) electrons. The predicted octanol–water partition coefficient (Wildman–Crippen LogP) is 3.20. The van der Waals surface area contributed by atoms with Crippen LogP contribution in [0, 0.1) is 5.92 Å². The van der Waals surface area contributed by atoms with Gasteiger partial charge in [-0.15, -0.1) is 0 Å². The molecule has 2 N–H and O–H groups in total. The van der Waals surface area contributed by atoms with Crippen LogP contribution in [0.1, 0.15) is 50.1 Å². The fourth-order valence-corrected chi connectivity index (χ4v) is 4.68. The van der Waals surface area contributed by atoms with Gasteiger partial charge < -0.3 is 20.3 Å². The molecule has 2 aliphatic rings. The van der Waals surface area contributed by atoms with Crippen LogP contribution < -0.4 is 15.4 Å². The van der Waals surface area contributed by atoms with Crippen molar-refractivity contribution in [1.82, 2.24) is 15.5 Å². The maximum Gasteiger partial charge on any atom is 0.119 e. The molecule has 1 aromatic carbocycles. The SMILES string of the molecule is COc1cccc(C(CNC2CCCC2C2CCCCN2)N(C)C)c1. The molecule has 1 heterocycles. The number of methoxy groups -OCH3 is 1. The first-order valence-corrected chi connectivity index (χ1v) is 9.96. The Labute approximate surface area is 153 Å². The molecule has 0 aromatic heterocycles. The summed E-state index contributed by atoms with van der Waals surface area (Å²) in [5, 5.41) is 7.71. The van der Waals surface area contributed by atoms with Gasteiger partial charge in [-0.2, -0.15) is 0 Å². The van der Waals surface area contributed by atoms with Crippen molar-refractivity contribution in [3.63, 3.8) is 0 Å². The summed E-state index contributed by atoms with van der Waals surface area (Å²) in [5.74, 6) is 1.74. The Morgan fingerprint density at radius 1 is 1.20 bits per heavy atom. The molecule has 0 amide bonds. The number of hydrogen-bond donors (Lipinski definition) is 2. The van der Waals surface area contributed by atoms with Gasteiger partial charge in [-0.05, 0) is 69.9 Å². The van der Waals surface area contributed by atoms with E-state index in [-0.39, 0.29) is 0 Å². The van der Waals surface area contributed by atoms with E-state index in [1.54, 1.807) is 7.11 Å². The van der Waals surface area contributed by atoms with Gasteiger partial charge in [0.2, 0.25) is 0 Å². The zero-order valence-corrected chi connectivity index (χ0v) is 16.1. The van der Waals surface area contributed by atoms with Crippen LogP contribution in [0.5, 0.6) is 5.75 Å². The molecular formula is C21H35N3O. The largest absolute Gasteiger partial charge is 0.497 e. The minimum absolute atomic E-state index is 0.371. The molecule has 25 heavy (non-hydrogen) atoms. The highest BCUT2D eigenvalue weighted by atomic mass is 16.5. The molecule has 1 aliphatic carbocycles. The number of piperidine rings is 1. The standard InChI is InChI=1S/C21H35N3O/c1-24(2)21(16-8-6-9-17(14-16)25-3)15-23-20-12-7-10-18(20)19-11-4-5-13-22-19/h6,8-9,14,18-23H,4-5,7,10-13,15H2,1-3H3. The van der Waals surface area contributed by atoms with E-state index < -0.39 is 0 Å². The number of hydrogen-bond acceptors (Lipinski definition) is 4. The van der Waals surface area contributed by atoms with E-state index in [0.29, 0.717) is 12.1 Å². The van der Waals surface area contributed by atoms with E-state index in [0.717, 1.165) is 24.3 Å². The second-order valence-corrected chi connectivity index (χ2v) is 7.92. The molecular weight excluding hydrogens is 310 g/mol. The van der Waals surface area contributed by atoms with Gasteiger partial charge in [-0.3, -0.25) is 0 Å². The average Bonchev–Trinajstić information content (AvgIpc) is 3.11. The Kier molecular flexibility index (Phi) is 6.74. The lowest BCUT2D eigenvalue weighted by atomic mass is 9.88. The van der Waals surface area contributed by atoms with Gasteiger partial charge in [0, 0.05) is 24.7 Å². The molecule has 1 aromatic rings. The molecule has 140 valence electrons. The Morgan fingerprint density at radius 2 is 2.08 bits per heavy atom. The highest BCUT2D eigenvalue weighted by Gasteiger charge is 2.34. The highest BCUT2D eigenvalue weighted by molar-refractivity contribution is 5.30. The molecule has 1 saturated carbocycles. The van der Waals surface area contributed by atoms with E-state index in [2.05, 4.69) is 47.8 Å². The molecule has 2 fully saturated rings. The second-order valence-electron chi connectivity index (χ2n) is 7.92. The maximum atomic E-state index is 5.41. The molecule has 0 bridgehead atoms. The van der Waals surface area contributed by atoms with Gasteiger partial charge in [0.15, 0.2) is 0 Å². The minimum atomic E-state index is 0.371. The third kappa shape index (κ3) is 4.75. The smallest absolute Gasteiger partial charge is 0.119 e. The van der Waals surface area contributed by atoms with Crippen molar-refractivity contribution < 1.29 is 4.74 Å². The highest BCUT2D eigenvalue weighted by Crippen LogP contribution is 2.32. The molecule has 4 unspecified atom stereocenters. The lowest BCUT2D eigenvalue weighted by molar-refractivity contribution is 0.232. The van der Waals surface area contributed by atoms with Gasteiger partial charge in [-0.1, -0.05) is 25.0 Å². The number of ether oxygens (including phenoxy) is 1. The zero-order valence-electron chi connectivity index (χ0n) is 16.1. The Hall–Kier alpha value is -1.10. The summed E-state index contributed by atoms with van der Waals surface area (Å²) < 4.78 is 5.41. The fraction of sp³-hybridized carbons (Fsp3) is 0.714. The van der Waals surface area contributed by atoms with Crippen LogP contribution in [0.4, 0.5) is 0 Å². The zero-order chi connectivity index (χ0) is 17.6. The predicted molar refractivity (Wildman–Crippen MR) is 104 cm³/mol. The van der Waals surface area contributed by atoms with Crippen molar-refractivity contribution in [2.24, 2.45) is 5.92 Å². The van der Waals surface area contributed by atoms with Gasteiger partial charge in [0.25, 0.3) is 0 Å². The van der Waals surface area contributed by atoms with Crippen molar-refractivity contribution in [2.45, 2.75) is 56.7 Å². The van der Waals surface area contributed by atoms with E-state index in [4.69, 9.17) is 4.74 Å². The van der Waals surface area contributed by atoms with Gasteiger partial charge in [-0.25, -0.2) is 0 Å². The lowest BCUT2D eigenvalue weighted by Crippen LogP contribution is -2.48. The molecule has 4 atom stereocenters. The second kappa shape index (κ2) is 9.02. The third-order valence-corrected chi connectivity index (χ3v) is 6.11. The summed E-state index contributed by atoms with van der Waals surface area (Å²) in [4.78, 5) is 2.31.